The van der Waals surface area contributed by atoms with Crippen LogP contribution in [0, 0.1) is 6.92 Å². The first-order chi connectivity index (χ1) is 9.24. The first-order valence-electron chi connectivity index (χ1n) is 7.08. The predicted molar refractivity (Wildman–Crippen MR) is 82.8 cm³/mol. The molecule has 0 bridgehead atoms. The van der Waals surface area contributed by atoms with Gasteiger partial charge >= 0.3 is 0 Å². The lowest BCUT2D eigenvalue weighted by atomic mass is 10.2. The van der Waals surface area contributed by atoms with Crippen LogP contribution in [0.1, 0.15) is 49.7 Å². The number of unbranched alkanes of at least 4 members (excludes halogenated alkanes) is 1. The lowest BCUT2D eigenvalue weighted by Crippen LogP contribution is -2.13. The molecule has 1 unspecified atom stereocenters. The standard InChI is InChI=1S/C15H23N3S/c1-4-6-9-18-11-12(3)16-15(18)17-13(5-2)14-8-7-10-19-14/h7-8,10-11,13H,4-6,9H2,1-3H3,(H,16,17). The molecule has 0 aliphatic rings. The highest BCUT2D eigenvalue weighted by Crippen LogP contribution is 2.26. The summed E-state index contributed by atoms with van der Waals surface area (Å²) in [7, 11) is 0. The molecule has 0 aliphatic heterocycles. The lowest BCUT2D eigenvalue weighted by molar-refractivity contribution is 0.626. The highest BCUT2D eigenvalue weighted by Gasteiger charge is 2.13. The molecule has 2 aromatic heterocycles. The predicted octanol–water partition coefficient (Wildman–Crippen LogP) is 4.62. The number of nitrogens with one attached hydrogen (secondary N) is 1. The van der Waals surface area contributed by atoms with Gasteiger partial charge in [-0.25, -0.2) is 4.98 Å². The number of aryl methyl sites for hydroxylation is 2. The van der Waals surface area contributed by atoms with Gasteiger partial charge in [-0.2, -0.15) is 0 Å². The zero-order chi connectivity index (χ0) is 13.7. The molecule has 0 spiro atoms. The van der Waals surface area contributed by atoms with Crippen LogP contribution in [0.3, 0.4) is 0 Å². The number of rotatable bonds is 7. The van der Waals surface area contributed by atoms with Crippen LogP contribution in [0.4, 0.5) is 5.95 Å². The van der Waals surface area contributed by atoms with E-state index in [1.165, 1.54) is 17.7 Å². The smallest absolute Gasteiger partial charge is 0.203 e. The second-order valence-electron chi connectivity index (χ2n) is 4.87. The maximum Gasteiger partial charge on any atom is 0.203 e. The minimum Gasteiger partial charge on any atom is -0.348 e. The van der Waals surface area contributed by atoms with Gasteiger partial charge in [-0.1, -0.05) is 26.3 Å². The molecule has 0 fully saturated rings. The molecule has 0 radical (unpaired) electrons. The van der Waals surface area contributed by atoms with Crippen molar-refractivity contribution in [3.63, 3.8) is 0 Å². The molecule has 0 aliphatic carbocycles. The molecule has 3 nitrogen and oxygen atoms in total. The average Bonchev–Trinajstić information content (AvgIpc) is 3.03. The number of aromatic nitrogens is 2. The van der Waals surface area contributed by atoms with Gasteiger partial charge in [0.2, 0.25) is 5.95 Å². The van der Waals surface area contributed by atoms with Gasteiger partial charge in [-0.3, -0.25) is 0 Å². The first kappa shape index (κ1) is 14.1. The molecule has 0 saturated heterocycles. The zero-order valence-corrected chi connectivity index (χ0v) is 12.8. The molecular formula is C15H23N3S. The van der Waals surface area contributed by atoms with Crippen molar-refractivity contribution in [2.75, 3.05) is 5.32 Å². The molecule has 1 atom stereocenters. The van der Waals surface area contributed by atoms with Crippen LogP contribution in [0.5, 0.6) is 0 Å². The van der Waals surface area contributed by atoms with Crippen molar-refractivity contribution < 1.29 is 0 Å². The summed E-state index contributed by atoms with van der Waals surface area (Å²) in [6.45, 7) is 7.53. The van der Waals surface area contributed by atoms with Crippen LogP contribution in [0.2, 0.25) is 0 Å². The van der Waals surface area contributed by atoms with Crippen molar-refractivity contribution in [3.05, 3.63) is 34.3 Å². The van der Waals surface area contributed by atoms with Gasteiger partial charge in [0.1, 0.15) is 0 Å². The number of hydrogen-bond donors (Lipinski definition) is 1. The number of anilines is 1. The SMILES string of the molecule is CCCCn1cc(C)nc1NC(CC)c1cccs1. The van der Waals surface area contributed by atoms with Gasteiger partial charge in [0.25, 0.3) is 0 Å². The lowest BCUT2D eigenvalue weighted by Gasteiger charge is -2.17. The molecule has 0 aromatic carbocycles. The van der Waals surface area contributed by atoms with E-state index in [2.05, 4.69) is 59.3 Å². The van der Waals surface area contributed by atoms with Crippen LogP contribution in [0.15, 0.2) is 23.7 Å². The maximum atomic E-state index is 4.62. The molecule has 0 saturated carbocycles. The van der Waals surface area contributed by atoms with Crippen LogP contribution in [-0.2, 0) is 6.54 Å². The van der Waals surface area contributed by atoms with Gasteiger partial charge in [-0.05, 0) is 31.2 Å². The number of thiophene rings is 1. The molecule has 104 valence electrons. The number of nitrogens with zero attached hydrogens (tertiary/aromatic N) is 2. The summed E-state index contributed by atoms with van der Waals surface area (Å²) < 4.78 is 2.25. The molecule has 4 heteroatoms. The molecule has 2 heterocycles. The highest BCUT2D eigenvalue weighted by atomic mass is 32.1. The summed E-state index contributed by atoms with van der Waals surface area (Å²) in [4.78, 5) is 6.00. The summed E-state index contributed by atoms with van der Waals surface area (Å²) in [5.41, 5.74) is 1.08. The third-order valence-electron chi connectivity index (χ3n) is 3.25. The largest absolute Gasteiger partial charge is 0.348 e. The second-order valence-corrected chi connectivity index (χ2v) is 5.85. The van der Waals surface area contributed by atoms with Crippen LogP contribution < -0.4 is 5.32 Å². The summed E-state index contributed by atoms with van der Waals surface area (Å²) in [5, 5.41) is 5.73. The Balaban J connectivity index is 2.12. The van der Waals surface area contributed by atoms with Crippen molar-refractivity contribution in [3.8, 4) is 0 Å². The van der Waals surface area contributed by atoms with Crippen molar-refractivity contribution >= 4 is 17.3 Å². The normalized spacial score (nSPS) is 12.6. The topological polar surface area (TPSA) is 29.9 Å². The Morgan fingerprint density at radius 2 is 2.26 bits per heavy atom. The van der Waals surface area contributed by atoms with E-state index in [0.29, 0.717) is 6.04 Å². The molecule has 1 N–H and O–H groups in total. The Kier molecular flexibility index (Phi) is 5.02. The van der Waals surface area contributed by atoms with Gasteiger partial charge in [-0.15, -0.1) is 11.3 Å². The number of hydrogen-bond acceptors (Lipinski definition) is 3. The van der Waals surface area contributed by atoms with Crippen molar-refractivity contribution in [2.45, 2.75) is 52.6 Å². The first-order valence-corrected chi connectivity index (χ1v) is 7.96. The maximum absolute atomic E-state index is 4.62. The van der Waals surface area contributed by atoms with Crippen molar-refractivity contribution in [2.24, 2.45) is 0 Å². The van der Waals surface area contributed by atoms with Crippen molar-refractivity contribution in [1.29, 1.82) is 0 Å². The molecular weight excluding hydrogens is 254 g/mol. The van der Waals surface area contributed by atoms with E-state index in [0.717, 1.165) is 24.6 Å². The summed E-state index contributed by atoms with van der Waals surface area (Å²) >= 11 is 1.81. The van der Waals surface area contributed by atoms with E-state index >= 15 is 0 Å². The number of imidazole rings is 1. The van der Waals surface area contributed by atoms with E-state index in [1.54, 1.807) is 11.3 Å². The van der Waals surface area contributed by atoms with Gasteiger partial charge in [0.05, 0.1) is 11.7 Å². The minimum absolute atomic E-state index is 0.363. The molecule has 0 amide bonds. The van der Waals surface area contributed by atoms with Crippen LogP contribution in [-0.4, -0.2) is 9.55 Å². The molecule has 2 aromatic rings. The molecule has 19 heavy (non-hydrogen) atoms. The van der Waals surface area contributed by atoms with E-state index in [9.17, 15) is 0 Å². The summed E-state index contributed by atoms with van der Waals surface area (Å²) in [5.74, 6) is 1.01. The highest BCUT2D eigenvalue weighted by molar-refractivity contribution is 7.10. The van der Waals surface area contributed by atoms with Crippen molar-refractivity contribution in [1.82, 2.24) is 9.55 Å². The summed E-state index contributed by atoms with van der Waals surface area (Å²) in [6, 6.07) is 4.67. The minimum atomic E-state index is 0.363. The van der Waals surface area contributed by atoms with Crippen LogP contribution >= 0.6 is 11.3 Å². The van der Waals surface area contributed by atoms with E-state index in [1.807, 2.05) is 0 Å². The quantitative estimate of drug-likeness (QED) is 0.800. The Morgan fingerprint density at radius 3 is 2.89 bits per heavy atom. The summed E-state index contributed by atoms with van der Waals surface area (Å²) in [6.07, 6.45) is 5.61. The fraction of sp³-hybridized carbons (Fsp3) is 0.533. The van der Waals surface area contributed by atoms with E-state index < -0.39 is 0 Å². The Labute approximate surface area is 119 Å². The molecule has 2 rings (SSSR count). The third kappa shape index (κ3) is 3.60. The van der Waals surface area contributed by atoms with Gasteiger partial charge < -0.3 is 9.88 Å². The Bertz CT molecular complexity index is 487. The van der Waals surface area contributed by atoms with E-state index in [4.69, 9.17) is 0 Å². The Morgan fingerprint density at radius 1 is 1.42 bits per heavy atom. The fourth-order valence-corrected chi connectivity index (χ4v) is 3.04. The van der Waals surface area contributed by atoms with Gasteiger partial charge in [0.15, 0.2) is 0 Å². The second kappa shape index (κ2) is 6.75. The zero-order valence-electron chi connectivity index (χ0n) is 12.0. The monoisotopic (exact) mass is 277 g/mol. The fourth-order valence-electron chi connectivity index (χ4n) is 2.18. The Hall–Kier alpha value is -1.29. The third-order valence-corrected chi connectivity index (χ3v) is 4.23. The van der Waals surface area contributed by atoms with E-state index in [-0.39, 0.29) is 0 Å². The van der Waals surface area contributed by atoms with Crippen LogP contribution in [0.25, 0.3) is 0 Å². The van der Waals surface area contributed by atoms with Gasteiger partial charge in [0, 0.05) is 17.6 Å². The average molecular weight is 277 g/mol.